The van der Waals surface area contributed by atoms with Crippen LogP contribution in [-0.4, -0.2) is 33.4 Å². The number of amides is 1. The summed E-state index contributed by atoms with van der Waals surface area (Å²) < 4.78 is 12.1. The molecule has 3 unspecified atom stereocenters. The zero-order chi connectivity index (χ0) is 20.5. The number of aryl methyl sites for hydroxylation is 1. The summed E-state index contributed by atoms with van der Waals surface area (Å²) in [6.07, 6.45) is 3.25. The number of fused-ring (bicyclic) bond motifs is 1. The molecule has 0 radical (unpaired) electrons. The fourth-order valence-corrected chi connectivity index (χ4v) is 4.33. The van der Waals surface area contributed by atoms with Gasteiger partial charge in [0.1, 0.15) is 5.69 Å². The molecule has 0 N–H and O–H groups in total. The molecule has 1 aromatic heterocycles. The average molecular weight is 397 g/mol. The van der Waals surface area contributed by atoms with Gasteiger partial charge in [-0.3, -0.25) is 9.59 Å². The quantitative estimate of drug-likeness (QED) is 0.793. The smallest absolute Gasteiger partial charge is 0.274 e. The SMILES string of the molecule is CC1CCCC(N(Cc2ccc3c(c2)OCO3)C(=O)c2ccc(=O)n(C)n2)C1C. The van der Waals surface area contributed by atoms with Crippen molar-refractivity contribution in [3.8, 4) is 11.5 Å². The summed E-state index contributed by atoms with van der Waals surface area (Å²) in [6, 6.07) is 8.83. The zero-order valence-corrected chi connectivity index (χ0v) is 17.1. The molecule has 7 nitrogen and oxygen atoms in total. The lowest BCUT2D eigenvalue weighted by Crippen LogP contribution is -2.47. The molecule has 4 rings (SSSR count). The van der Waals surface area contributed by atoms with Gasteiger partial charge in [-0.25, -0.2) is 4.68 Å². The minimum Gasteiger partial charge on any atom is -0.454 e. The van der Waals surface area contributed by atoms with Gasteiger partial charge >= 0.3 is 0 Å². The number of benzene rings is 1. The second kappa shape index (κ2) is 7.89. The van der Waals surface area contributed by atoms with E-state index in [4.69, 9.17) is 9.47 Å². The van der Waals surface area contributed by atoms with Crippen molar-refractivity contribution in [3.63, 3.8) is 0 Å². The maximum atomic E-state index is 13.5. The Balaban J connectivity index is 1.67. The Hall–Kier alpha value is -2.83. The predicted octanol–water partition coefficient (Wildman–Crippen LogP) is 2.98. The van der Waals surface area contributed by atoms with Crippen LogP contribution in [0, 0.1) is 11.8 Å². The van der Waals surface area contributed by atoms with E-state index in [1.807, 2.05) is 23.1 Å². The Kier molecular flexibility index (Phi) is 5.30. The highest BCUT2D eigenvalue weighted by Gasteiger charge is 2.35. The normalized spacial score (nSPS) is 23.1. The molecule has 2 aliphatic rings. The molecule has 1 fully saturated rings. The summed E-state index contributed by atoms with van der Waals surface area (Å²) in [5, 5.41) is 4.20. The van der Waals surface area contributed by atoms with Crippen LogP contribution in [0.3, 0.4) is 0 Å². The van der Waals surface area contributed by atoms with E-state index in [0.29, 0.717) is 29.8 Å². The van der Waals surface area contributed by atoms with Crippen LogP contribution in [0.2, 0.25) is 0 Å². The number of carbonyl (C=O) groups excluding carboxylic acids is 1. The van der Waals surface area contributed by atoms with Gasteiger partial charge in [0.2, 0.25) is 6.79 Å². The van der Waals surface area contributed by atoms with Crippen LogP contribution in [-0.2, 0) is 13.6 Å². The van der Waals surface area contributed by atoms with E-state index in [2.05, 4.69) is 18.9 Å². The van der Waals surface area contributed by atoms with Gasteiger partial charge in [-0.2, -0.15) is 5.10 Å². The first kappa shape index (κ1) is 19.5. The van der Waals surface area contributed by atoms with Gasteiger partial charge in [-0.1, -0.05) is 32.8 Å². The lowest BCUT2D eigenvalue weighted by atomic mass is 9.77. The predicted molar refractivity (Wildman–Crippen MR) is 108 cm³/mol. The first-order chi connectivity index (χ1) is 13.9. The third-order valence-corrected chi connectivity index (χ3v) is 6.29. The summed E-state index contributed by atoms with van der Waals surface area (Å²) in [5.41, 5.74) is 1.04. The molecule has 1 aromatic carbocycles. The number of rotatable bonds is 4. The topological polar surface area (TPSA) is 73.7 Å². The van der Waals surface area contributed by atoms with E-state index in [0.717, 1.165) is 24.2 Å². The van der Waals surface area contributed by atoms with Gasteiger partial charge in [0.15, 0.2) is 11.5 Å². The number of hydrogen-bond acceptors (Lipinski definition) is 5. The lowest BCUT2D eigenvalue weighted by Gasteiger charge is -2.41. The van der Waals surface area contributed by atoms with E-state index in [1.54, 1.807) is 7.05 Å². The van der Waals surface area contributed by atoms with E-state index >= 15 is 0 Å². The molecular weight excluding hydrogens is 370 g/mol. The highest BCUT2D eigenvalue weighted by molar-refractivity contribution is 5.92. The third-order valence-electron chi connectivity index (χ3n) is 6.29. The standard InChI is InChI=1S/C22H27N3O4/c1-14-5-4-6-18(15(14)2)25(22(27)17-8-10-21(26)24(3)23-17)12-16-7-9-19-20(11-16)29-13-28-19/h7-11,14-15,18H,4-6,12-13H2,1-3H3. The summed E-state index contributed by atoms with van der Waals surface area (Å²) >= 11 is 0. The molecule has 1 aliphatic heterocycles. The third kappa shape index (κ3) is 3.86. The van der Waals surface area contributed by atoms with Crippen molar-refractivity contribution in [1.29, 1.82) is 0 Å². The molecule has 154 valence electrons. The maximum Gasteiger partial charge on any atom is 0.274 e. The van der Waals surface area contributed by atoms with Gasteiger partial charge in [-0.05, 0) is 42.0 Å². The summed E-state index contributed by atoms with van der Waals surface area (Å²) in [4.78, 5) is 27.1. The molecule has 7 heteroatoms. The van der Waals surface area contributed by atoms with Crippen molar-refractivity contribution < 1.29 is 14.3 Å². The summed E-state index contributed by atoms with van der Waals surface area (Å²) in [5.74, 6) is 2.22. The highest BCUT2D eigenvalue weighted by Crippen LogP contribution is 2.36. The molecule has 29 heavy (non-hydrogen) atoms. The summed E-state index contributed by atoms with van der Waals surface area (Å²) in [7, 11) is 1.56. The number of carbonyl (C=O) groups is 1. The highest BCUT2D eigenvalue weighted by atomic mass is 16.7. The summed E-state index contributed by atoms with van der Waals surface area (Å²) in [6.45, 7) is 5.16. The Morgan fingerprint density at radius 1 is 1.17 bits per heavy atom. The van der Waals surface area contributed by atoms with Crippen LogP contribution in [0.5, 0.6) is 11.5 Å². The second-order valence-corrected chi connectivity index (χ2v) is 8.14. The first-order valence-electron chi connectivity index (χ1n) is 10.2. The maximum absolute atomic E-state index is 13.5. The largest absolute Gasteiger partial charge is 0.454 e. The molecule has 0 bridgehead atoms. The molecule has 1 saturated carbocycles. The van der Waals surface area contributed by atoms with Gasteiger partial charge in [0.05, 0.1) is 0 Å². The Bertz CT molecular complexity index is 971. The van der Waals surface area contributed by atoms with Crippen LogP contribution >= 0.6 is 0 Å². The Morgan fingerprint density at radius 2 is 1.97 bits per heavy atom. The van der Waals surface area contributed by atoms with Crippen LogP contribution < -0.4 is 15.0 Å². The van der Waals surface area contributed by atoms with Crippen molar-refractivity contribution in [2.24, 2.45) is 18.9 Å². The van der Waals surface area contributed by atoms with Crippen molar-refractivity contribution >= 4 is 5.91 Å². The number of hydrogen-bond donors (Lipinski definition) is 0. The molecule has 3 atom stereocenters. The minimum absolute atomic E-state index is 0.121. The van der Waals surface area contributed by atoms with Crippen LogP contribution in [0.25, 0.3) is 0 Å². The van der Waals surface area contributed by atoms with E-state index in [9.17, 15) is 9.59 Å². The minimum atomic E-state index is -0.233. The number of aromatic nitrogens is 2. The van der Waals surface area contributed by atoms with Crippen molar-refractivity contribution in [3.05, 3.63) is 51.9 Å². The molecule has 1 amide bonds. The molecular formula is C22H27N3O4. The molecule has 1 aliphatic carbocycles. The fourth-order valence-electron chi connectivity index (χ4n) is 4.33. The van der Waals surface area contributed by atoms with Crippen LogP contribution in [0.1, 0.15) is 49.2 Å². The van der Waals surface area contributed by atoms with Crippen molar-refractivity contribution in [2.75, 3.05) is 6.79 Å². The average Bonchev–Trinajstić information content (AvgIpc) is 3.18. The van der Waals surface area contributed by atoms with E-state index in [-0.39, 0.29) is 24.3 Å². The van der Waals surface area contributed by atoms with Gasteiger partial charge in [0, 0.05) is 25.7 Å². The lowest BCUT2D eigenvalue weighted by molar-refractivity contribution is 0.0441. The van der Waals surface area contributed by atoms with E-state index in [1.165, 1.54) is 23.2 Å². The molecule has 0 spiro atoms. The van der Waals surface area contributed by atoms with Crippen LogP contribution in [0.4, 0.5) is 0 Å². The molecule has 2 aromatic rings. The molecule has 0 saturated heterocycles. The number of nitrogens with zero attached hydrogens (tertiary/aromatic N) is 3. The van der Waals surface area contributed by atoms with Gasteiger partial charge in [-0.15, -0.1) is 0 Å². The fraction of sp³-hybridized carbons (Fsp3) is 0.500. The van der Waals surface area contributed by atoms with Gasteiger partial charge in [0.25, 0.3) is 11.5 Å². The zero-order valence-electron chi connectivity index (χ0n) is 17.1. The van der Waals surface area contributed by atoms with Crippen molar-refractivity contribution in [1.82, 2.24) is 14.7 Å². The molecule has 2 heterocycles. The van der Waals surface area contributed by atoms with Gasteiger partial charge < -0.3 is 14.4 Å². The van der Waals surface area contributed by atoms with Crippen molar-refractivity contribution in [2.45, 2.75) is 45.7 Å². The van der Waals surface area contributed by atoms with Crippen LogP contribution in [0.15, 0.2) is 35.1 Å². The Morgan fingerprint density at radius 3 is 2.76 bits per heavy atom. The second-order valence-electron chi connectivity index (χ2n) is 8.14. The monoisotopic (exact) mass is 397 g/mol. The number of ether oxygens (including phenoxy) is 2. The first-order valence-corrected chi connectivity index (χ1v) is 10.2. The van der Waals surface area contributed by atoms with E-state index < -0.39 is 0 Å². The Labute approximate surface area is 170 Å².